The molecule has 2 aliphatic rings. The van der Waals surface area contributed by atoms with Crippen molar-refractivity contribution < 1.29 is 4.79 Å². The van der Waals surface area contributed by atoms with Gasteiger partial charge in [-0.15, -0.1) is 0 Å². The van der Waals surface area contributed by atoms with Crippen molar-refractivity contribution in [3.05, 3.63) is 0 Å². The van der Waals surface area contributed by atoms with Gasteiger partial charge in [0.2, 0.25) is 5.91 Å². The van der Waals surface area contributed by atoms with Crippen LogP contribution in [0.2, 0.25) is 0 Å². The predicted molar refractivity (Wildman–Crippen MR) is 78.1 cm³/mol. The number of likely N-dealkylation sites (N-methyl/N-ethyl adjacent to an activating group) is 1. The van der Waals surface area contributed by atoms with Gasteiger partial charge in [-0.25, -0.2) is 0 Å². The molecule has 4 nitrogen and oxygen atoms in total. The van der Waals surface area contributed by atoms with Crippen molar-refractivity contribution in [3.8, 4) is 0 Å². The second-order valence-corrected chi connectivity index (χ2v) is 6.50. The summed E-state index contributed by atoms with van der Waals surface area (Å²) < 4.78 is 0. The number of carbonyl (C=O) groups excluding carboxylic acids is 1. The highest BCUT2D eigenvalue weighted by Crippen LogP contribution is 2.35. The monoisotopic (exact) mass is 267 g/mol. The van der Waals surface area contributed by atoms with Crippen molar-refractivity contribution in [3.63, 3.8) is 0 Å². The molecule has 0 aromatic heterocycles. The first-order valence-electron chi connectivity index (χ1n) is 7.77. The van der Waals surface area contributed by atoms with Gasteiger partial charge in [-0.05, 0) is 71.6 Å². The molecule has 2 N–H and O–H groups in total. The Hall–Kier alpha value is -0.610. The van der Waals surface area contributed by atoms with Gasteiger partial charge in [-0.1, -0.05) is 0 Å². The summed E-state index contributed by atoms with van der Waals surface area (Å²) >= 11 is 0. The molecule has 1 amide bonds. The van der Waals surface area contributed by atoms with Crippen LogP contribution in [0.25, 0.3) is 0 Å². The summed E-state index contributed by atoms with van der Waals surface area (Å²) in [6, 6.07) is 0. The van der Waals surface area contributed by atoms with Crippen molar-refractivity contribution in [2.45, 2.75) is 50.5 Å². The lowest BCUT2D eigenvalue weighted by atomic mass is 9.75. The molecule has 0 bridgehead atoms. The second-order valence-electron chi connectivity index (χ2n) is 6.50. The Morgan fingerprint density at radius 2 is 2.16 bits per heavy atom. The lowest BCUT2D eigenvalue weighted by Gasteiger charge is -2.47. The summed E-state index contributed by atoms with van der Waals surface area (Å²) in [5.74, 6) is 0.935. The van der Waals surface area contributed by atoms with E-state index < -0.39 is 0 Å². The summed E-state index contributed by atoms with van der Waals surface area (Å²) in [6.07, 6.45) is 7.99. The number of nitrogens with zero attached hydrogens (tertiary/aromatic N) is 1. The molecular formula is C15H29N3O. The van der Waals surface area contributed by atoms with Gasteiger partial charge in [-0.3, -0.25) is 4.79 Å². The van der Waals surface area contributed by atoms with Gasteiger partial charge in [0.1, 0.15) is 0 Å². The van der Waals surface area contributed by atoms with E-state index in [2.05, 4.69) is 29.6 Å². The van der Waals surface area contributed by atoms with Gasteiger partial charge in [0.15, 0.2) is 0 Å². The Morgan fingerprint density at radius 3 is 2.68 bits per heavy atom. The Labute approximate surface area is 117 Å². The average molecular weight is 267 g/mol. The zero-order chi connectivity index (χ0) is 13.7. The number of rotatable bonds is 6. The summed E-state index contributed by atoms with van der Waals surface area (Å²) in [5.41, 5.74) is 0.238. The van der Waals surface area contributed by atoms with Gasteiger partial charge in [0.05, 0.1) is 0 Å². The number of hydrogen-bond donors (Lipinski definition) is 2. The van der Waals surface area contributed by atoms with E-state index >= 15 is 0 Å². The van der Waals surface area contributed by atoms with Crippen LogP contribution in [0.5, 0.6) is 0 Å². The molecule has 1 aliphatic carbocycles. The van der Waals surface area contributed by atoms with Gasteiger partial charge >= 0.3 is 0 Å². The molecule has 1 saturated heterocycles. The topological polar surface area (TPSA) is 44.4 Å². The minimum Gasteiger partial charge on any atom is -0.354 e. The number of nitrogens with one attached hydrogen (secondary N) is 2. The van der Waals surface area contributed by atoms with Crippen LogP contribution < -0.4 is 10.6 Å². The van der Waals surface area contributed by atoms with E-state index in [1.54, 1.807) is 0 Å². The molecule has 0 aromatic rings. The van der Waals surface area contributed by atoms with Crippen LogP contribution in [0.4, 0.5) is 0 Å². The first kappa shape index (κ1) is 14.8. The van der Waals surface area contributed by atoms with Crippen molar-refractivity contribution in [1.82, 2.24) is 15.5 Å². The first-order chi connectivity index (χ1) is 9.12. The molecule has 4 heteroatoms. The number of carbonyl (C=O) groups is 1. The Bertz CT molecular complexity index is 294. The summed E-state index contributed by atoms with van der Waals surface area (Å²) in [5, 5.41) is 6.55. The number of hydrogen-bond acceptors (Lipinski definition) is 3. The lowest BCUT2D eigenvalue weighted by Crippen LogP contribution is -2.57. The minimum atomic E-state index is 0.235. The van der Waals surface area contributed by atoms with Gasteiger partial charge in [0, 0.05) is 18.5 Å². The molecule has 2 fully saturated rings. The standard InChI is InChI=1S/C15H29N3O/c1-18(2)15(8-4-9-15)12-17-14(19)7-6-13-5-3-10-16-11-13/h13,16H,3-12H2,1-2H3,(H,17,19). The van der Waals surface area contributed by atoms with E-state index in [4.69, 9.17) is 0 Å². The third-order valence-corrected chi connectivity index (χ3v) is 5.03. The fraction of sp³-hybridized carbons (Fsp3) is 0.933. The molecule has 1 atom stereocenters. The van der Waals surface area contributed by atoms with Crippen LogP contribution in [0, 0.1) is 5.92 Å². The highest BCUT2D eigenvalue weighted by molar-refractivity contribution is 5.75. The Morgan fingerprint density at radius 1 is 1.37 bits per heavy atom. The SMILES string of the molecule is CN(C)C1(CNC(=O)CCC2CCCNC2)CCC1. The van der Waals surface area contributed by atoms with E-state index in [9.17, 15) is 4.79 Å². The molecule has 2 rings (SSSR count). The quantitative estimate of drug-likeness (QED) is 0.764. The predicted octanol–water partition coefficient (Wildman–Crippen LogP) is 1.37. The van der Waals surface area contributed by atoms with Crippen LogP contribution in [0.3, 0.4) is 0 Å². The maximum absolute atomic E-state index is 11.9. The minimum absolute atomic E-state index is 0.235. The van der Waals surface area contributed by atoms with Crippen LogP contribution in [0.1, 0.15) is 44.9 Å². The highest BCUT2D eigenvalue weighted by Gasteiger charge is 2.39. The first-order valence-corrected chi connectivity index (χ1v) is 7.77. The third kappa shape index (κ3) is 3.93. The van der Waals surface area contributed by atoms with Crippen LogP contribution >= 0.6 is 0 Å². The van der Waals surface area contributed by atoms with E-state index in [1.165, 1.54) is 32.1 Å². The maximum Gasteiger partial charge on any atom is 0.220 e. The zero-order valence-corrected chi connectivity index (χ0v) is 12.5. The molecule has 1 heterocycles. The summed E-state index contributed by atoms with van der Waals surface area (Å²) in [7, 11) is 4.25. The lowest BCUT2D eigenvalue weighted by molar-refractivity contribution is -0.122. The van der Waals surface area contributed by atoms with E-state index in [1.807, 2.05) is 0 Å². The van der Waals surface area contributed by atoms with Crippen molar-refractivity contribution in [2.24, 2.45) is 5.92 Å². The van der Waals surface area contributed by atoms with Gasteiger partial charge < -0.3 is 15.5 Å². The van der Waals surface area contributed by atoms with E-state index in [0.717, 1.165) is 26.1 Å². The van der Waals surface area contributed by atoms with E-state index in [0.29, 0.717) is 12.3 Å². The van der Waals surface area contributed by atoms with Crippen molar-refractivity contribution in [1.29, 1.82) is 0 Å². The molecule has 0 radical (unpaired) electrons. The van der Waals surface area contributed by atoms with Crippen LogP contribution in [-0.2, 0) is 4.79 Å². The van der Waals surface area contributed by atoms with Crippen molar-refractivity contribution >= 4 is 5.91 Å². The maximum atomic E-state index is 11.9. The smallest absolute Gasteiger partial charge is 0.220 e. The van der Waals surface area contributed by atoms with Crippen molar-refractivity contribution in [2.75, 3.05) is 33.7 Å². The van der Waals surface area contributed by atoms with Crippen LogP contribution in [0.15, 0.2) is 0 Å². The fourth-order valence-electron chi connectivity index (χ4n) is 3.22. The molecule has 19 heavy (non-hydrogen) atoms. The Kier molecular flexibility index (Phi) is 5.22. The molecule has 110 valence electrons. The molecule has 1 saturated carbocycles. The van der Waals surface area contributed by atoms with Gasteiger partial charge in [-0.2, -0.15) is 0 Å². The second kappa shape index (κ2) is 6.71. The molecular weight excluding hydrogens is 238 g/mol. The molecule has 0 spiro atoms. The van der Waals surface area contributed by atoms with Crippen LogP contribution in [-0.4, -0.2) is 50.1 Å². The van der Waals surface area contributed by atoms with E-state index in [-0.39, 0.29) is 11.4 Å². The largest absolute Gasteiger partial charge is 0.354 e. The molecule has 1 aliphatic heterocycles. The summed E-state index contributed by atoms with van der Waals surface area (Å²) in [4.78, 5) is 14.2. The van der Waals surface area contributed by atoms with Gasteiger partial charge in [0.25, 0.3) is 0 Å². The number of piperidine rings is 1. The highest BCUT2D eigenvalue weighted by atomic mass is 16.1. The summed E-state index contributed by atoms with van der Waals surface area (Å²) in [6.45, 7) is 3.06. The average Bonchev–Trinajstić information content (AvgIpc) is 2.36. The normalized spacial score (nSPS) is 25.9. The third-order valence-electron chi connectivity index (χ3n) is 5.03. The number of amides is 1. The Balaban J connectivity index is 1.64. The fourth-order valence-corrected chi connectivity index (χ4v) is 3.22. The zero-order valence-electron chi connectivity index (χ0n) is 12.5. The molecule has 1 unspecified atom stereocenters. The molecule has 0 aromatic carbocycles.